The second-order valence-electron chi connectivity index (χ2n) is 35.6. The number of aromatic amines is 1. The monoisotopic (exact) mass is 2090 g/mol. The summed E-state index contributed by atoms with van der Waals surface area (Å²) in [4.78, 5) is 247. The summed E-state index contributed by atoms with van der Waals surface area (Å²) in [6, 6.07) is 12.5. The van der Waals surface area contributed by atoms with Crippen LogP contribution in [-0.4, -0.2) is 331 Å². The molecule has 2 aliphatic rings. The fourth-order valence-corrected chi connectivity index (χ4v) is 17.9. The van der Waals surface area contributed by atoms with Gasteiger partial charge in [-0.2, -0.15) is 37.0 Å². The van der Waals surface area contributed by atoms with Crippen LogP contribution >= 0.6 is 37.0 Å². The van der Waals surface area contributed by atoms with Crippen molar-refractivity contribution < 1.29 is 116 Å². The molecule has 2 aliphatic heterocycles. The lowest BCUT2D eigenvalue weighted by Crippen LogP contribution is -2.63. The molecule has 0 spiro atoms. The van der Waals surface area contributed by atoms with Crippen molar-refractivity contribution in [3.05, 3.63) is 144 Å². The Labute approximate surface area is 864 Å². The van der Waals surface area contributed by atoms with Gasteiger partial charge in [0.2, 0.25) is 88.1 Å². The van der Waals surface area contributed by atoms with E-state index in [9.17, 15) is 87.2 Å². The summed E-state index contributed by atoms with van der Waals surface area (Å²) in [5.74, 6) is -13.8. The van der Waals surface area contributed by atoms with E-state index in [0.29, 0.717) is 122 Å². The molecule has 3 heterocycles. The van der Waals surface area contributed by atoms with Gasteiger partial charge in [-0.25, -0.2) is 15.6 Å². The van der Waals surface area contributed by atoms with E-state index < -0.39 is 198 Å². The normalized spacial score (nSPS) is 16.7. The Hall–Kier alpha value is -11.5. The highest BCUT2D eigenvalue weighted by molar-refractivity contribution is 8.00. The Morgan fingerprint density at radius 3 is 1.36 bits per heavy atom. The van der Waals surface area contributed by atoms with E-state index in [0.717, 1.165) is 45.3 Å². The van der Waals surface area contributed by atoms with Crippen LogP contribution in [0.3, 0.4) is 0 Å². The third-order valence-corrected chi connectivity index (χ3v) is 26.2. The number of ketones is 6. The van der Waals surface area contributed by atoms with Gasteiger partial charge in [-0.15, -0.1) is 0 Å². The van der Waals surface area contributed by atoms with Gasteiger partial charge in [0.25, 0.3) is 0 Å². The number of benzene rings is 4. The first-order valence-corrected chi connectivity index (χ1v) is 51.3. The molecule has 47 heteroatoms. The van der Waals surface area contributed by atoms with Crippen molar-refractivity contribution in [2.75, 3.05) is 97.2 Å². The zero-order valence-corrected chi connectivity index (χ0v) is 85.9. The number of nitrogens with two attached hydrogens (primary N) is 3. The van der Waals surface area contributed by atoms with Crippen molar-refractivity contribution in [1.82, 2.24) is 90.3 Å². The summed E-state index contributed by atoms with van der Waals surface area (Å²) in [5, 5.41) is 70.1. The topological polar surface area (TPSA) is 682 Å². The number of H-pyrrole nitrogens is 1. The van der Waals surface area contributed by atoms with Gasteiger partial charge in [0.15, 0.2) is 0 Å². The number of rotatable bonds is 72. The van der Waals surface area contributed by atoms with Crippen LogP contribution in [0.2, 0.25) is 0 Å². The van der Waals surface area contributed by atoms with Crippen LogP contribution in [0.4, 0.5) is 4.79 Å². The van der Waals surface area contributed by atoms with Crippen molar-refractivity contribution in [1.29, 1.82) is 0 Å². The molecule has 6 unspecified atom stereocenters. The zero-order chi connectivity index (χ0) is 107. The van der Waals surface area contributed by atoms with Gasteiger partial charge < -0.3 is 126 Å². The van der Waals surface area contributed by atoms with Gasteiger partial charge >= 0.3 is 6.03 Å². The molecule has 5 aromatic rings. The largest absolute Gasteiger partial charge is 0.394 e. The summed E-state index contributed by atoms with van der Waals surface area (Å²) < 4.78 is 16.1. The maximum atomic E-state index is 15.4. The number of thiol groups is 2. The Balaban J connectivity index is 0.000000921. The molecule has 0 bridgehead atoms. The minimum absolute atomic E-state index is 0.0280. The molecule has 0 saturated carbocycles. The summed E-state index contributed by atoms with van der Waals surface area (Å²) in [7, 11) is 2.88. The predicted molar refractivity (Wildman–Crippen MR) is 552 cm³/mol. The number of likely N-dealkylation sites (N-methyl/N-ethyl adjacent to an activating group) is 2. The Kier molecular flexibility index (Phi) is 56.8. The lowest BCUT2D eigenvalue weighted by atomic mass is 10.00. The lowest BCUT2D eigenvalue weighted by Gasteiger charge is -2.29. The molecule has 2 saturated heterocycles. The molecule has 4 aromatic carbocycles. The zero-order valence-electron chi connectivity index (χ0n) is 83.3. The van der Waals surface area contributed by atoms with Crippen molar-refractivity contribution in [3.63, 3.8) is 0 Å². The summed E-state index contributed by atoms with van der Waals surface area (Å²) in [6.07, 6.45) is 2.64. The summed E-state index contributed by atoms with van der Waals surface area (Å²) >= 11 is 10.1. The number of hydrazine groups is 1. The number of aliphatic hydroxyl groups excluding tert-OH is 3. The van der Waals surface area contributed by atoms with E-state index in [1.165, 1.54) is 21.0 Å². The SMILES string of the molecule is CC(=O)CCOCCOCCOCCCC(=O)CCCCC1SCC2NC(=O)NC21.CN[C@@H](CS)C(=O)C(=O)CNN[C@@H](C)C(=O)NC(CCCCN)C(=O)N[C@@H](CC(N)=O)C(=O)NC(Cc1ccccc1)C(=O)N[C@@H](Cc1ccccc1)C(=O)NC(Cc1c[nH]c2ccccc12)C(=O)N[C@@H](CCCCN)C(=O)N[C@H](C(=O)N[C@@H](Cc1ccccc1)C(=O)N[C@H](C(=O)N[C@@H](CO)C(=O)C(=O)[C@H](CS)NC)[C@@H](C)O)[C@@H](C)O. The van der Waals surface area contributed by atoms with Crippen LogP contribution in [-0.2, 0) is 121 Å². The fraction of sp³-hybridized carbons (Fsp3) is 0.556. The minimum atomic E-state index is -1.90. The number of urea groups is 1. The molecule has 0 radical (unpaired) electrons. The van der Waals surface area contributed by atoms with Crippen molar-refractivity contribution in [2.45, 2.75) is 251 Å². The van der Waals surface area contributed by atoms with E-state index in [-0.39, 0.29) is 93.4 Å². The molecular weight excluding hydrogens is 1950 g/mol. The quantitative estimate of drug-likeness (QED) is 0.00609. The Morgan fingerprint density at radius 1 is 0.459 bits per heavy atom. The number of carbonyl (C=O) groups excluding carboxylic acids is 18. The molecule has 1 aromatic heterocycles. The first kappa shape index (κ1) is 123. The Bertz CT molecular complexity index is 5030. The van der Waals surface area contributed by atoms with E-state index in [1.54, 1.807) is 128 Å². The number of nitrogens with one attached hydrogen (secondary N) is 17. The molecule has 2 fully saturated rings. The third-order valence-electron chi connectivity index (χ3n) is 24.0. The van der Waals surface area contributed by atoms with Crippen LogP contribution in [0.5, 0.6) is 0 Å². The highest BCUT2D eigenvalue weighted by atomic mass is 32.2. The minimum Gasteiger partial charge on any atom is -0.394 e. The molecule has 26 N–H and O–H groups in total. The maximum Gasteiger partial charge on any atom is 0.315 e. The average Bonchev–Trinajstić information content (AvgIpc) is 1.64. The number of aliphatic hydroxyl groups is 3. The van der Waals surface area contributed by atoms with Crippen LogP contribution in [0, 0.1) is 0 Å². The van der Waals surface area contributed by atoms with Gasteiger partial charge in [-0.05, 0) is 141 Å². The number of carbonyl (C=O) groups is 18. The lowest BCUT2D eigenvalue weighted by molar-refractivity contribution is -0.141. The summed E-state index contributed by atoms with van der Waals surface area (Å²) in [6.45, 7) is 6.99. The molecule has 0 aliphatic carbocycles. The van der Waals surface area contributed by atoms with Crippen LogP contribution in [0.15, 0.2) is 121 Å². The number of aromatic nitrogens is 1. The number of hydrogen-bond acceptors (Lipinski definition) is 33. The number of hydrogen-bond donors (Lipinski definition) is 25. The molecule has 7 rings (SSSR count). The van der Waals surface area contributed by atoms with Crippen LogP contribution < -0.4 is 102 Å². The van der Waals surface area contributed by atoms with E-state index in [2.05, 4.69) is 116 Å². The highest BCUT2D eigenvalue weighted by Crippen LogP contribution is 2.33. The van der Waals surface area contributed by atoms with Crippen molar-refractivity contribution in [3.8, 4) is 0 Å². The summed E-state index contributed by atoms with van der Waals surface area (Å²) in [5.41, 5.74) is 25.1. The molecule has 18 atom stereocenters. The molecule has 146 heavy (non-hydrogen) atoms. The Morgan fingerprint density at radius 2 is 0.877 bits per heavy atom. The fourth-order valence-electron chi connectivity index (χ4n) is 15.7. The smallest absolute Gasteiger partial charge is 0.315 e. The van der Waals surface area contributed by atoms with Gasteiger partial charge in [-0.1, -0.05) is 116 Å². The number of thioether (sulfide) groups is 1. The number of para-hydroxylation sites is 1. The maximum absolute atomic E-state index is 15.4. The van der Waals surface area contributed by atoms with E-state index >= 15 is 14.4 Å². The molecular formula is C99H146N20O24S3. The number of ether oxygens (including phenoxy) is 3. The second kappa shape index (κ2) is 67.3. The molecule has 804 valence electrons. The van der Waals surface area contributed by atoms with E-state index in [4.69, 9.17) is 31.4 Å². The highest BCUT2D eigenvalue weighted by Gasteiger charge is 2.44. The average molecular weight is 2100 g/mol. The van der Waals surface area contributed by atoms with E-state index in [1.807, 2.05) is 11.8 Å². The first-order chi connectivity index (χ1) is 70.0. The third kappa shape index (κ3) is 43.5. The predicted octanol–water partition coefficient (Wildman–Crippen LogP) is -2.94. The number of primary amides is 1. The second-order valence-corrected chi connectivity index (χ2v) is 37.6. The van der Waals surface area contributed by atoms with Gasteiger partial charge in [0.05, 0.1) is 95.0 Å². The molecule has 44 nitrogen and oxygen atoms in total. The number of fused-ring (bicyclic) bond motifs is 2. The number of Topliss-reactive ketones (excluding diaryl/α,β-unsaturated/α-hetero) is 6. The van der Waals surface area contributed by atoms with Crippen LogP contribution in [0.25, 0.3) is 10.9 Å². The van der Waals surface area contributed by atoms with Gasteiger partial charge in [-0.3, -0.25) is 81.5 Å². The van der Waals surface area contributed by atoms with Gasteiger partial charge in [0, 0.05) is 91.2 Å². The first-order valence-electron chi connectivity index (χ1n) is 49.0. The number of unbranched alkanes of at least 4 members (excludes halogenated alkanes) is 3. The standard InChI is InChI=1S/C78H110N18O18S2.C21H36N2O6S/c1-43(96-85-39-62(100)66(102)60(41-115)82-4)69(105)86-52(29-17-19-31-79)70(106)91-58(37-63(81)101)75(111)89-54(33-46-21-9-6-10-22-46)72(108)88-55(34-47-23-11-7-12-24-47)73(109)90-57(36-49-38-84-51-28-16-15-27-50(49)51)74(110)87-53(30-18-20-32-80)71(107)94-64(44(2)98)77(113)92-56(35-48-25-13-8-14-26-48)76(112)95-65(45(3)99)78(114)93-59(40-97)67(103)68(104)61(42-116)83-5;1-16(24)8-10-28-12-14-29-13-11-27-9-4-6-17(25)5-2-3-7-19-20-18(15-30-19)22-21(26)23-20/h6-16,21-28,38,43-45,52-61,64-65,82-85,96-99,115-116H,17-20,29-37,39-42,79-80H2,1-5H3,(H2,81,101)(H,86,105)(H,87,110)(H,88,108)(H,89,111)(H,90,109)(H,91,106)(H,92,113)(H,93,114)(H,94,107)(H,95,112);18-20H,2-15H2,1H3,(H2,22,23,26)/t43-,44+,45+,52?,53-,54?,55-,56-,57?,58-,59-,60-,61-,64-,65-;/m0./s1. The molecule has 13 amide bonds. The van der Waals surface area contributed by atoms with Crippen molar-refractivity contribution in [2.24, 2.45) is 17.2 Å². The van der Waals surface area contributed by atoms with Crippen molar-refractivity contribution >= 4 is 154 Å². The van der Waals surface area contributed by atoms with Gasteiger partial charge in [0.1, 0.15) is 72.0 Å². The van der Waals surface area contributed by atoms with Crippen LogP contribution in [0.1, 0.15) is 140 Å². The number of amides is 13.